The first-order chi connectivity index (χ1) is 14.1. The molecular formula is C21H19F3N6Pt. The standard InChI is InChI=1S/C21H19F3N6.Pt/c1-14(25)10-12-26-18-8-4-6-15(27-18)20(2,3)16-7-5-9-19(28-16)30-13-11-17(29-30)21(22,23)24;/h4-11,25H,1-3H3,(H,26,27);/q-2;+2. The molecule has 164 valence electrons. The average Bonchev–Trinajstić information content (AvgIpc) is 3.19. The van der Waals surface area contributed by atoms with Crippen LogP contribution < -0.4 is 5.32 Å². The fourth-order valence-electron chi connectivity index (χ4n) is 2.63. The van der Waals surface area contributed by atoms with Crippen molar-refractivity contribution in [3.05, 3.63) is 78.0 Å². The molecule has 6 nitrogen and oxygen atoms in total. The molecule has 3 heterocycles. The van der Waals surface area contributed by atoms with E-state index < -0.39 is 17.3 Å². The first-order valence-corrected chi connectivity index (χ1v) is 8.97. The van der Waals surface area contributed by atoms with E-state index in [0.29, 0.717) is 22.9 Å². The minimum absolute atomic E-state index is 0. The van der Waals surface area contributed by atoms with Crippen molar-refractivity contribution < 1.29 is 34.2 Å². The van der Waals surface area contributed by atoms with Crippen LogP contribution in [0.4, 0.5) is 19.0 Å². The van der Waals surface area contributed by atoms with Gasteiger partial charge >= 0.3 is 27.2 Å². The Hall–Kier alpha value is -2.80. The first-order valence-electron chi connectivity index (χ1n) is 8.97. The third kappa shape index (κ3) is 5.88. The van der Waals surface area contributed by atoms with Gasteiger partial charge in [0.05, 0.1) is 11.5 Å². The predicted molar refractivity (Wildman–Crippen MR) is 106 cm³/mol. The van der Waals surface area contributed by atoms with E-state index in [1.165, 1.54) is 6.08 Å². The molecule has 0 amide bonds. The summed E-state index contributed by atoms with van der Waals surface area (Å²) in [5.74, 6) is 0.771. The van der Waals surface area contributed by atoms with Gasteiger partial charge in [0, 0.05) is 22.6 Å². The van der Waals surface area contributed by atoms with Gasteiger partial charge in [0.15, 0.2) is 0 Å². The van der Waals surface area contributed by atoms with Gasteiger partial charge < -0.3 is 15.4 Å². The van der Waals surface area contributed by atoms with Crippen LogP contribution in [0.15, 0.2) is 48.5 Å². The van der Waals surface area contributed by atoms with Crippen molar-refractivity contribution >= 4 is 11.5 Å². The SMILES string of the molecule is CC(=N)C=[C-]Nc1cccc(C(C)(C)c2cccc(-n3[c-]cc(C(F)(F)F)n3)n2)n1.[Pt+2]. The summed E-state index contributed by atoms with van der Waals surface area (Å²) in [6.45, 7) is 5.47. The van der Waals surface area contributed by atoms with Crippen LogP contribution in [0.3, 0.4) is 0 Å². The van der Waals surface area contributed by atoms with E-state index in [1.807, 2.05) is 26.0 Å². The number of aromatic nitrogens is 4. The molecule has 0 aliphatic heterocycles. The van der Waals surface area contributed by atoms with Crippen molar-refractivity contribution in [2.45, 2.75) is 32.4 Å². The van der Waals surface area contributed by atoms with Crippen LogP contribution in [-0.4, -0.2) is 25.5 Å². The summed E-state index contributed by atoms with van der Waals surface area (Å²) in [6, 6.07) is 11.3. The Morgan fingerprint density at radius 3 is 2.35 bits per heavy atom. The van der Waals surface area contributed by atoms with Crippen LogP contribution in [0.1, 0.15) is 37.9 Å². The van der Waals surface area contributed by atoms with Crippen molar-refractivity contribution in [3.8, 4) is 5.82 Å². The monoisotopic (exact) mass is 607 g/mol. The predicted octanol–water partition coefficient (Wildman–Crippen LogP) is 4.57. The number of hydrogen-bond acceptors (Lipinski definition) is 5. The summed E-state index contributed by atoms with van der Waals surface area (Å²) in [5.41, 5.74) is -0.0135. The Balaban J connectivity index is 0.00000341. The van der Waals surface area contributed by atoms with E-state index in [9.17, 15) is 13.2 Å². The van der Waals surface area contributed by atoms with Crippen molar-refractivity contribution in [1.29, 1.82) is 5.41 Å². The molecule has 0 aromatic carbocycles. The minimum atomic E-state index is -4.54. The van der Waals surface area contributed by atoms with Gasteiger partial charge in [0.25, 0.3) is 0 Å². The number of nitrogens with one attached hydrogen (secondary N) is 2. The third-order valence-electron chi connectivity index (χ3n) is 4.29. The van der Waals surface area contributed by atoms with Crippen LogP contribution in [0, 0.1) is 17.8 Å². The molecule has 3 rings (SSSR count). The van der Waals surface area contributed by atoms with Gasteiger partial charge in [-0.25, -0.2) is 0 Å². The number of alkyl halides is 3. The number of anilines is 1. The molecule has 10 heteroatoms. The van der Waals surface area contributed by atoms with E-state index >= 15 is 0 Å². The molecule has 0 aliphatic carbocycles. The Kier molecular flexibility index (Phi) is 7.54. The first kappa shape index (κ1) is 24.5. The Labute approximate surface area is 192 Å². The van der Waals surface area contributed by atoms with E-state index in [2.05, 4.69) is 32.8 Å². The molecule has 0 atom stereocenters. The van der Waals surface area contributed by atoms with Crippen molar-refractivity contribution in [3.63, 3.8) is 0 Å². The van der Waals surface area contributed by atoms with Gasteiger partial charge in [-0.15, -0.1) is 18.3 Å². The molecule has 3 aromatic rings. The van der Waals surface area contributed by atoms with Crippen LogP contribution in [0.2, 0.25) is 0 Å². The minimum Gasteiger partial charge on any atom is -0.453 e. The largest absolute Gasteiger partial charge is 2.00 e. The maximum atomic E-state index is 12.8. The van der Waals surface area contributed by atoms with E-state index in [-0.39, 0.29) is 26.9 Å². The van der Waals surface area contributed by atoms with E-state index in [4.69, 9.17) is 5.41 Å². The second-order valence-electron chi connectivity index (χ2n) is 7.08. The Morgan fingerprint density at radius 2 is 1.74 bits per heavy atom. The van der Waals surface area contributed by atoms with Gasteiger partial charge in [-0.1, -0.05) is 43.1 Å². The average molecular weight is 607 g/mol. The van der Waals surface area contributed by atoms with Crippen molar-refractivity contribution in [2.24, 2.45) is 0 Å². The molecule has 0 fully saturated rings. The Bertz CT molecular complexity index is 1090. The van der Waals surface area contributed by atoms with Crippen LogP contribution in [0.25, 0.3) is 5.82 Å². The number of allylic oxidation sites excluding steroid dienone is 1. The molecule has 3 aromatic heterocycles. The summed E-state index contributed by atoms with van der Waals surface area (Å²) in [6.07, 6.45) is 2.18. The molecule has 31 heavy (non-hydrogen) atoms. The normalized spacial score (nSPS) is 11.9. The summed E-state index contributed by atoms with van der Waals surface area (Å²) in [5, 5.41) is 13.8. The number of halogens is 3. The second kappa shape index (κ2) is 9.56. The zero-order chi connectivity index (χ0) is 21.9. The van der Waals surface area contributed by atoms with Gasteiger partial charge in [-0.3, -0.25) is 15.1 Å². The topological polar surface area (TPSA) is 79.5 Å². The van der Waals surface area contributed by atoms with Crippen LogP contribution >= 0.6 is 0 Å². The van der Waals surface area contributed by atoms with Crippen LogP contribution in [-0.2, 0) is 32.7 Å². The van der Waals surface area contributed by atoms with Crippen LogP contribution in [0.5, 0.6) is 0 Å². The van der Waals surface area contributed by atoms with E-state index in [1.54, 1.807) is 31.2 Å². The fraction of sp³-hybridized carbons (Fsp3) is 0.238. The third-order valence-corrected chi connectivity index (χ3v) is 4.29. The summed E-state index contributed by atoms with van der Waals surface area (Å²) in [4.78, 5) is 9.07. The number of rotatable bonds is 6. The number of nitrogens with zero attached hydrogens (tertiary/aromatic N) is 4. The molecule has 0 saturated carbocycles. The fourth-order valence-corrected chi connectivity index (χ4v) is 2.63. The maximum Gasteiger partial charge on any atom is 2.00 e. The van der Waals surface area contributed by atoms with Crippen molar-refractivity contribution in [2.75, 3.05) is 5.32 Å². The van der Waals surface area contributed by atoms with E-state index in [0.717, 1.165) is 10.7 Å². The van der Waals surface area contributed by atoms with Gasteiger partial charge in [0.1, 0.15) is 0 Å². The van der Waals surface area contributed by atoms with Gasteiger partial charge in [-0.05, 0) is 26.0 Å². The van der Waals surface area contributed by atoms with Gasteiger partial charge in [0.2, 0.25) is 0 Å². The smallest absolute Gasteiger partial charge is 0.453 e. The molecule has 0 radical (unpaired) electrons. The molecule has 2 N–H and O–H groups in total. The molecule has 0 unspecified atom stereocenters. The Morgan fingerprint density at radius 1 is 1.10 bits per heavy atom. The summed E-state index contributed by atoms with van der Waals surface area (Å²) >= 11 is 0. The molecule has 0 saturated heterocycles. The quantitative estimate of drug-likeness (QED) is 0.245. The van der Waals surface area contributed by atoms with Gasteiger partial charge in [-0.2, -0.15) is 13.2 Å². The molecular weight excluding hydrogens is 588 g/mol. The maximum absolute atomic E-state index is 12.8. The summed E-state index contributed by atoms with van der Waals surface area (Å²) in [7, 11) is 0. The van der Waals surface area contributed by atoms with Crippen molar-refractivity contribution in [1.82, 2.24) is 19.7 Å². The molecule has 0 bridgehead atoms. The number of hydrogen-bond donors (Lipinski definition) is 2. The zero-order valence-corrected chi connectivity index (χ0v) is 19.1. The molecule has 0 aliphatic rings. The second-order valence-corrected chi connectivity index (χ2v) is 7.08. The zero-order valence-electron chi connectivity index (χ0n) is 16.9. The summed E-state index contributed by atoms with van der Waals surface area (Å²) < 4.78 is 39.5. The molecule has 0 spiro atoms. The number of pyridine rings is 2.